The Kier molecular flexibility index (Phi) is 5.84. The van der Waals surface area contributed by atoms with E-state index >= 15 is 0 Å². The monoisotopic (exact) mass is 431 g/mol. The fraction of sp³-hybridized carbons (Fsp3) is 0.381. The zero-order valence-corrected chi connectivity index (χ0v) is 16.9. The second kappa shape index (κ2) is 8.56. The quantitative estimate of drug-likeness (QED) is 0.550. The van der Waals surface area contributed by atoms with E-state index in [1.54, 1.807) is 12.3 Å². The number of hydrogen-bond acceptors (Lipinski definition) is 6. The molecule has 0 aliphatic carbocycles. The highest BCUT2D eigenvalue weighted by molar-refractivity contribution is 6.00. The van der Waals surface area contributed by atoms with Crippen LogP contribution in [-0.2, 0) is 0 Å². The predicted molar refractivity (Wildman–Crippen MR) is 109 cm³/mol. The molecule has 1 aliphatic rings. The fourth-order valence-electron chi connectivity index (χ4n) is 3.88. The molecule has 1 saturated heterocycles. The molecule has 1 aromatic carbocycles. The van der Waals surface area contributed by atoms with Crippen molar-refractivity contribution in [3.8, 4) is 0 Å². The molecule has 1 unspecified atom stereocenters. The molecule has 1 amide bonds. The molecule has 3 N–H and O–H groups in total. The Morgan fingerprint density at radius 2 is 2.16 bits per heavy atom. The van der Waals surface area contributed by atoms with Crippen molar-refractivity contribution in [2.45, 2.75) is 38.0 Å². The number of amides is 1. The summed E-state index contributed by atoms with van der Waals surface area (Å²) in [6, 6.07) is 3.93. The predicted octanol–water partition coefficient (Wildman–Crippen LogP) is 1.82. The van der Waals surface area contributed by atoms with Crippen LogP contribution in [0, 0.1) is 11.6 Å². The van der Waals surface area contributed by atoms with Gasteiger partial charge >= 0.3 is 0 Å². The number of aromatic nitrogens is 3. The van der Waals surface area contributed by atoms with Gasteiger partial charge in [-0.2, -0.15) is 5.10 Å². The standard InChI is InChI=1S/C21H23F2N5O3/c1-12(30)17(11-29)25-21(31)15-10-24-28-8-6-19(26-20(15)28)27-7-2-3-18(27)14-9-13(22)4-5-16(14)23/h4-6,8-10,12,17-18,29-30H,2-3,7,11H2,1H3,(H,25,31)/t12-,17-,18?/m0/s1. The minimum absolute atomic E-state index is 0.175. The van der Waals surface area contributed by atoms with Crippen LogP contribution in [-0.4, -0.2) is 56.0 Å². The van der Waals surface area contributed by atoms with Crippen LogP contribution < -0.4 is 10.2 Å². The maximum atomic E-state index is 14.4. The molecule has 8 nitrogen and oxygen atoms in total. The summed E-state index contributed by atoms with van der Waals surface area (Å²) in [5.74, 6) is -0.994. The molecule has 4 rings (SSSR count). The molecule has 164 valence electrons. The first-order valence-electron chi connectivity index (χ1n) is 10.0. The van der Waals surface area contributed by atoms with Crippen molar-refractivity contribution in [2.75, 3.05) is 18.1 Å². The van der Waals surface area contributed by atoms with Gasteiger partial charge in [0.2, 0.25) is 0 Å². The minimum atomic E-state index is -0.939. The molecular weight excluding hydrogens is 408 g/mol. The Morgan fingerprint density at radius 1 is 1.35 bits per heavy atom. The van der Waals surface area contributed by atoms with Crippen LogP contribution in [0.15, 0.2) is 36.7 Å². The van der Waals surface area contributed by atoms with Crippen molar-refractivity contribution < 1.29 is 23.8 Å². The zero-order valence-electron chi connectivity index (χ0n) is 16.9. The number of aliphatic hydroxyl groups excluding tert-OH is 2. The minimum Gasteiger partial charge on any atom is -0.394 e. The topological polar surface area (TPSA) is 103 Å². The SMILES string of the molecule is C[C@H](O)[C@H](CO)NC(=O)c1cnn2ccc(N3CCCC3c3cc(F)ccc3F)nc12. The van der Waals surface area contributed by atoms with Gasteiger partial charge in [0.05, 0.1) is 31.0 Å². The molecule has 0 saturated carbocycles. The number of aliphatic hydroxyl groups is 2. The lowest BCUT2D eigenvalue weighted by atomic mass is 10.0. The lowest BCUT2D eigenvalue weighted by molar-refractivity contribution is 0.0759. The molecule has 31 heavy (non-hydrogen) atoms. The van der Waals surface area contributed by atoms with Gasteiger partial charge in [-0.15, -0.1) is 0 Å². The Balaban J connectivity index is 1.67. The first kappa shape index (κ1) is 21.1. The third-order valence-electron chi connectivity index (χ3n) is 5.56. The Morgan fingerprint density at radius 3 is 2.90 bits per heavy atom. The second-order valence-electron chi connectivity index (χ2n) is 7.63. The van der Waals surface area contributed by atoms with E-state index in [4.69, 9.17) is 0 Å². The summed E-state index contributed by atoms with van der Waals surface area (Å²) in [5.41, 5.74) is 0.727. The number of nitrogens with one attached hydrogen (secondary N) is 1. The highest BCUT2D eigenvalue weighted by Crippen LogP contribution is 2.36. The van der Waals surface area contributed by atoms with Crippen LogP contribution in [0.25, 0.3) is 5.65 Å². The number of fused-ring (bicyclic) bond motifs is 1. The van der Waals surface area contributed by atoms with E-state index < -0.39 is 36.3 Å². The third-order valence-corrected chi connectivity index (χ3v) is 5.56. The summed E-state index contributed by atoms with van der Waals surface area (Å²) in [5, 5.41) is 25.7. The van der Waals surface area contributed by atoms with Crippen LogP contribution >= 0.6 is 0 Å². The van der Waals surface area contributed by atoms with Gasteiger partial charge in [0.15, 0.2) is 5.65 Å². The van der Waals surface area contributed by atoms with Gasteiger partial charge in [-0.05, 0) is 44.0 Å². The Labute approximate surface area is 177 Å². The smallest absolute Gasteiger partial charge is 0.257 e. The number of anilines is 1. The molecule has 2 aromatic heterocycles. The van der Waals surface area contributed by atoms with Crippen LogP contribution in [0.2, 0.25) is 0 Å². The lowest BCUT2D eigenvalue weighted by Gasteiger charge is -2.26. The van der Waals surface area contributed by atoms with Gasteiger partial charge in [0, 0.05) is 18.3 Å². The van der Waals surface area contributed by atoms with Crippen LogP contribution in [0.1, 0.15) is 41.7 Å². The van der Waals surface area contributed by atoms with E-state index in [0.717, 1.165) is 18.6 Å². The van der Waals surface area contributed by atoms with E-state index in [2.05, 4.69) is 15.4 Å². The zero-order chi connectivity index (χ0) is 22.1. The Hall–Kier alpha value is -3.11. The van der Waals surface area contributed by atoms with E-state index in [-0.39, 0.29) is 22.8 Å². The van der Waals surface area contributed by atoms with Crippen LogP contribution in [0.4, 0.5) is 14.6 Å². The van der Waals surface area contributed by atoms with E-state index in [9.17, 15) is 23.8 Å². The number of rotatable bonds is 6. The number of carbonyl (C=O) groups excluding carboxylic acids is 1. The molecule has 0 spiro atoms. The van der Waals surface area contributed by atoms with Crippen molar-refractivity contribution in [1.29, 1.82) is 0 Å². The first-order valence-corrected chi connectivity index (χ1v) is 10.0. The number of halogens is 2. The Bertz CT molecular complexity index is 1100. The van der Waals surface area contributed by atoms with Crippen molar-refractivity contribution in [2.24, 2.45) is 0 Å². The molecule has 1 aliphatic heterocycles. The van der Waals surface area contributed by atoms with Gasteiger partial charge in [-0.1, -0.05) is 0 Å². The van der Waals surface area contributed by atoms with Gasteiger partial charge in [-0.3, -0.25) is 4.79 Å². The van der Waals surface area contributed by atoms with Crippen molar-refractivity contribution in [1.82, 2.24) is 19.9 Å². The van der Waals surface area contributed by atoms with Crippen LogP contribution in [0.5, 0.6) is 0 Å². The number of nitrogens with zero attached hydrogens (tertiary/aromatic N) is 4. The first-order chi connectivity index (χ1) is 14.9. The van der Waals surface area contributed by atoms with Gasteiger partial charge in [-0.25, -0.2) is 18.3 Å². The molecular formula is C21H23F2N5O3. The average Bonchev–Trinajstić information content (AvgIpc) is 3.40. The average molecular weight is 431 g/mol. The maximum absolute atomic E-state index is 14.4. The summed E-state index contributed by atoms with van der Waals surface area (Å²) < 4.78 is 29.6. The molecule has 0 bridgehead atoms. The number of hydrogen-bond donors (Lipinski definition) is 3. The molecule has 3 aromatic rings. The number of benzene rings is 1. The summed E-state index contributed by atoms with van der Waals surface area (Å²) in [4.78, 5) is 19.1. The molecule has 3 heterocycles. The molecule has 0 radical (unpaired) electrons. The van der Waals surface area contributed by atoms with Crippen molar-refractivity contribution >= 4 is 17.4 Å². The third kappa shape index (κ3) is 4.08. The summed E-state index contributed by atoms with van der Waals surface area (Å²) in [6.07, 6.45) is 3.49. The van der Waals surface area contributed by atoms with Gasteiger partial charge in [0.1, 0.15) is 23.0 Å². The van der Waals surface area contributed by atoms with E-state index in [1.165, 1.54) is 23.7 Å². The lowest BCUT2D eigenvalue weighted by Crippen LogP contribution is -2.44. The maximum Gasteiger partial charge on any atom is 0.257 e. The summed E-state index contributed by atoms with van der Waals surface area (Å²) in [6.45, 7) is 1.65. The van der Waals surface area contributed by atoms with Crippen LogP contribution in [0.3, 0.4) is 0 Å². The second-order valence-corrected chi connectivity index (χ2v) is 7.63. The highest BCUT2D eigenvalue weighted by Gasteiger charge is 2.30. The van der Waals surface area contributed by atoms with Crippen molar-refractivity contribution in [3.63, 3.8) is 0 Å². The van der Waals surface area contributed by atoms with Crippen molar-refractivity contribution in [3.05, 3.63) is 59.4 Å². The van der Waals surface area contributed by atoms with Gasteiger partial charge in [0.25, 0.3) is 5.91 Å². The highest BCUT2D eigenvalue weighted by atomic mass is 19.1. The molecule has 1 fully saturated rings. The summed E-state index contributed by atoms with van der Waals surface area (Å²) in [7, 11) is 0. The largest absolute Gasteiger partial charge is 0.394 e. The van der Waals surface area contributed by atoms with E-state index in [1.807, 2.05) is 4.90 Å². The summed E-state index contributed by atoms with van der Waals surface area (Å²) >= 11 is 0. The molecule has 3 atom stereocenters. The number of carbonyl (C=O) groups is 1. The molecule has 10 heteroatoms. The fourth-order valence-corrected chi connectivity index (χ4v) is 3.88. The van der Waals surface area contributed by atoms with E-state index in [0.29, 0.717) is 18.8 Å². The normalized spacial score (nSPS) is 18.4. The van der Waals surface area contributed by atoms with Gasteiger partial charge < -0.3 is 20.4 Å².